The topological polar surface area (TPSA) is 69.6 Å². The maximum atomic E-state index is 6.01. The van der Waals surface area contributed by atoms with Gasteiger partial charge in [0.2, 0.25) is 0 Å². The Bertz CT molecular complexity index is 746. The van der Waals surface area contributed by atoms with Crippen LogP contribution in [-0.2, 0) is 0 Å². The minimum atomic E-state index is 0.422. The van der Waals surface area contributed by atoms with Gasteiger partial charge in [-0.3, -0.25) is 0 Å². The molecule has 0 atom stereocenters. The predicted molar refractivity (Wildman–Crippen MR) is 78.5 cm³/mol. The number of hydrogen-bond acceptors (Lipinski definition) is 4. The van der Waals surface area contributed by atoms with E-state index >= 15 is 0 Å². The highest BCUT2D eigenvalue weighted by molar-refractivity contribution is 5.68. The maximum absolute atomic E-state index is 6.01. The van der Waals surface area contributed by atoms with Crippen molar-refractivity contribution in [3.63, 3.8) is 0 Å². The van der Waals surface area contributed by atoms with Crippen LogP contribution >= 0.6 is 0 Å². The first-order valence-corrected chi connectivity index (χ1v) is 6.37. The van der Waals surface area contributed by atoms with Crippen LogP contribution in [0.2, 0.25) is 0 Å². The molecule has 5 heteroatoms. The smallest absolute Gasteiger partial charge is 0.151 e. The molecule has 2 heterocycles. The molecule has 0 saturated heterocycles. The van der Waals surface area contributed by atoms with Crippen LogP contribution in [0.5, 0.6) is 0 Å². The van der Waals surface area contributed by atoms with Crippen molar-refractivity contribution in [3.05, 3.63) is 54.0 Å². The molecule has 2 N–H and O–H groups in total. The minimum Gasteiger partial charge on any atom is -0.382 e. The van der Waals surface area contributed by atoms with Gasteiger partial charge in [0.25, 0.3) is 0 Å². The zero-order valence-electron chi connectivity index (χ0n) is 11.4. The summed E-state index contributed by atoms with van der Waals surface area (Å²) < 4.78 is 1.81. The number of aromatic nitrogens is 4. The van der Waals surface area contributed by atoms with Crippen molar-refractivity contribution in [3.8, 4) is 17.1 Å². The number of anilines is 1. The van der Waals surface area contributed by atoms with E-state index in [0.29, 0.717) is 11.5 Å². The third-order valence-corrected chi connectivity index (χ3v) is 3.22. The molecule has 2 aromatic heterocycles. The highest BCUT2D eigenvalue weighted by Gasteiger charge is 2.14. The first kappa shape index (κ1) is 12.3. The van der Waals surface area contributed by atoms with Gasteiger partial charge in [-0.05, 0) is 32.0 Å². The number of nitrogens with two attached hydrogens (primary N) is 1. The molecular weight excluding hydrogens is 250 g/mol. The molecule has 0 fully saturated rings. The van der Waals surface area contributed by atoms with E-state index < -0.39 is 0 Å². The van der Waals surface area contributed by atoms with Gasteiger partial charge in [-0.25, -0.2) is 14.6 Å². The number of aryl methyl sites for hydroxylation is 2. The molecule has 3 rings (SSSR count). The quantitative estimate of drug-likeness (QED) is 0.773. The molecule has 20 heavy (non-hydrogen) atoms. The molecule has 0 radical (unpaired) electrons. The van der Waals surface area contributed by atoms with Crippen LogP contribution in [-0.4, -0.2) is 19.7 Å². The van der Waals surface area contributed by atoms with Crippen LogP contribution < -0.4 is 5.73 Å². The Morgan fingerprint density at radius 1 is 0.950 bits per heavy atom. The molecule has 0 amide bonds. The van der Waals surface area contributed by atoms with Gasteiger partial charge in [-0.15, -0.1) is 0 Å². The molecular formula is C15H15N5. The zero-order chi connectivity index (χ0) is 14.1. The van der Waals surface area contributed by atoms with Crippen molar-refractivity contribution in [1.82, 2.24) is 19.7 Å². The first-order valence-electron chi connectivity index (χ1n) is 6.37. The van der Waals surface area contributed by atoms with Crippen LogP contribution in [0.4, 0.5) is 5.82 Å². The Morgan fingerprint density at radius 3 is 2.40 bits per heavy atom. The minimum absolute atomic E-state index is 0.422. The molecule has 0 aliphatic heterocycles. The third-order valence-electron chi connectivity index (χ3n) is 3.22. The molecule has 1 aromatic carbocycles. The average molecular weight is 265 g/mol. The second kappa shape index (κ2) is 4.77. The number of benzene rings is 1. The molecule has 0 aliphatic rings. The van der Waals surface area contributed by atoms with Gasteiger partial charge in [-0.1, -0.05) is 18.2 Å². The lowest BCUT2D eigenvalue weighted by Crippen LogP contribution is -2.06. The lowest BCUT2D eigenvalue weighted by Gasteiger charge is -2.10. The molecule has 3 aromatic rings. The molecule has 0 unspecified atom stereocenters. The molecule has 0 saturated carbocycles. The summed E-state index contributed by atoms with van der Waals surface area (Å²) in [5, 5.41) is 4.35. The Labute approximate surface area is 117 Å². The van der Waals surface area contributed by atoms with Crippen LogP contribution in [0, 0.1) is 13.8 Å². The summed E-state index contributed by atoms with van der Waals surface area (Å²) in [6.07, 6.45) is 1.73. The van der Waals surface area contributed by atoms with Gasteiger partial charge >= 0.3 is 0 Å². The monoisotopic (exact) mass is 265 g/mol. The SMILES string of the molecule is Cc1nc(N)c(-c2ccnn2-c2ccccc2)nc1C. The predicted octanol–water partition coefficient (Wildman–Crippen LogP) is 2.53. The Balaban J connectivity index is 2.18. The molecule has 0 bridgehead atoms. The van der Waals surface area contributed by atoms with E-state index in [9.17, 15) is 0 Å². The summed E-state index contributed by atoms with van der Waals surface area (Å²) >= 11 is 0. The third kappa shape index (κ3) is 2.03. The van der Waals surface area contributed by atoms with Gasteiger partial charge in [0.1, 0.15) is 5.69 Å². The van der Waals surface area contributed by atoms with E-state index in [4.69, 9.17) is 5.73 Å². The number of para-hydroxylation sites is 1. The van der Waals surface area contributed by atoms with E-state index in [1.54, 1.807) is 6.20 Å². The first-order chi connectivity index (χ1) is 9.66. The Morgan fingerprint density at radius 2 is 1.65 bits per heavy atom. The van der Waals surface area contributed by atoms with E-state index in [1.165, 1.54) is 0 Å². The van der Waals surface area contributed by atoms with Crippen molar-refractivity contribution in [2.24, 2.45) is 0 Å². The van der Waals surface area contributed by atoms with Crippen LogP contribution in [0.25, 0.3) is 17.1 Å². The Hall–Kier alpha value is -2.69. The standard InChI is InChI=1S/C15H15N5/c1-10-11(2)19-15(16)14(18-10)13-8-9-17-20(13)12-6-4-3-5-7-12/h3-9H,1-2H3,(H2,16,19). The summed E-state index contributed by atoms with van der Waals surface area (Å²) in [4.78, 5) is 8.89. The number of rotatable bonds is 2. The average Bonchev–Trinajstić information content (AvgIpc) is 2.93. The molecule has 0 aliphatic carbocycles. The number of nitrogens with zero attached hydrogens (tertiary/aromatic N) is 4. The van der Waals surface area contributed by atoms with Gasteiger partial charge < -0.3 is 5.73 Å². The van der Waals surface area contributed by atoms with Crippen molar-refractivity contribution in [1.29, 1.82) is 0 Å². The van der Waals surface area contributed by atoms with Crippen LogP contribution in [0.15, 0.2) is 42.6 Å². The normalized spacial score (nSPS) is 10.7. The highest BCUT2D eigenvalue weighted by atomic mass is 15.3. The summed E-state index contributed by atoms with van der Waals surface area (Å²) in [7, 11) is 0. The van der Waals surface area contributed by atoms with E-state index in [0.717, 1.165) is 22.8 Å². The molecule has 0 spiro atoms. The van der Waals surface area contributed by atoms with Crippen molar-refractivity contribution in [2.45, 2.75) is 13.8 Å². The van der Waals surface area contributed by atoms with Crippen molar-refractivity contribution >= 4 is 5.82 Å². The van der Waals surface area contributed by atoms with Crippen molar-refractivity contribution < 1.29 is 0 Å². The fraction of sp³-hybridized carbons (Fsp3) is 0.133. The number of hydrogen-bond donors (Lipinski definition) is 1. The Kier molecular flexibility index (Phi) is 2.95. The zero-order valence-corrected chi connectivity index (χ0v) is 11.4. The van der Waals surface area contributed by atoms with E-state index in [2.05, 4.69) is 15.1 Å². The second-order valence-corrected chi connectivity index (χ2v) is 4.59. The van der Waals surface area contributed by atoms with Crippen LogP contribution in [0.1, 0.15) is 11.4 Å². The van der Waals surface area contributed by atoms with Crippen LogP contribution in [0.3, 0.4) is 0 Å². The summed E-state index contributed by atoms with van der Waals surface area (Å²) in [6, 6.07) is 11.8. The molecule has 5 nitrogen and oxygen atoms in total. The summed E-state index contributed by atoms with van der Waals surface area (Å²) in [5.41, 5.74) is 10.2. The van der Waals surface area contributed by atoms with E-state index in [1.807, 2.05) is 54.9 Å². The van der Waals surface area contributed by atoms with Gasteiger partial charge in [-0.2, -0.15) is 5.10 Å². The summed E-state index contributed by atoms with van der Waals surface area (Å²) in [5.74, 6) is 0.422. The fourth-order valence-electron chi connectivity index (χ4n) is 2.07. The van der Waals surface area contributed by atoms with Gasteiger partial charge in [0.05, 0.1) is 29.0 Å². The van der Waals surface area contributed by atoms with Gasteiger partial charge in [0, 0.05) is 0 Å². The lowest BCUT2D eigenvalue weighted by atomic mass is 10.2. The summed E-state index contributed by atoms with van der Waals surface area (Å²) in [6.45, 7) is 3.82. The largest absolute Gasteiger partial charge is 0.382 e. The lowest BCUT2D eigenvalue weighted by molar-refractivity contribution is 0.881. The fourth-order valence-corrected chi connectivity index (χ4v) is 2.07. The maximum Gasteiger partial charge on any atom is 0.151 e. The second-order valence-electron chi connectivity index (χ2n) is 4.59. The molecule has 100 valence electrons. The van der Waals surface area contributed by atoms with Gasteiger partial charge in [0.15, 0.2) is 5.82 Å². The highest BCUT2D eigenvalue weighted by Crippen LogP contribution is 2.25. The number of nitrogen functional groups attached to an aromatic ring is 1. The van der Waals surface area contributed by atoms with Crippen molar-refractivity contribution in [2.75, 3.05) is 5.73 Å². The van der Waals surface area contributed by atoms with E-state index in [-0.39, 0.29) is 0 Å².